The summed E-state index contributed by atoms with van der Waals surface area (Å²) in [4.78, 5) is 2.24. The van der Waals surface area contributed by atoms with Crippen LogP contribution in [0.3, 0.4) is 0 Å². The van der Waals surface area contributed by atoms with Crippen LogP contribution in [-0.2, 0) is 16.6 Å². The van der Waals surface area contributed by atoms with E-state index in [2.05, 4.69) is 20.8 Å². The Morgan fingerprint density at radius 1 is 1.08 bits per heavy atom. The maximum absolute atomic E-state index is 13.3. The molecule has 1 aliphatic rings. The van der Waals surface area contributed by atoms with Gasteiger partial charge in [-0.15, -0.1) is 0 Å². The molecule has 3 rings (SSSR count). The van der Waals surface area contributed by atoms with Crippen LogP contribution in [0.25, 0.3) is 0 Å². The van der Waals surface area contributed by atoms with E-state index in [0.29, 0.717) is 32.7 Å². The van der Waals surface area contributed by atoms with Gasteiger partial charge in [-0.25, -0.2) is 12.8 Å². The maximum atomic E-state index is 13.3. The molecular weight excluding hydrogens is 431 g/mol. The average Bonchev–Trinajstić information content (AvgIpc) is 2.55. The minimum Gasteiger partial charge on any atom is -0.296 e. The fourth-order valence-electron chi connectivity index (χ4n) is 2.85. The first kappa shape index (κ1) is 18.8. The van der Waals surface area contributed by atoms with Crippen LogP contribution in [0, 0.1) is 5.82 Å². The number of halogens is 3. The topological polar surface area (TPSA) is 40.6 Å². The molecule has 1 saturated heterocycles. The zero-order valence-electron chi connectivity index (χ0n) is 13.3. The molecule has 0 bridgehead atoms. The Bertz CT molecular complexity index is 871. The van der Waals surface area contributed by atoms with Gasteiger partial charge in [-0.2, -0.15) is 4.31 Å². The highest BCUT2D eigenvalue weighted by atomic mass is 79.9. The summed E-state index contributed by atoms with van der Waals surface area (Å²) in [6.07, 6.45) is 0. The highest BCUT2D eigenvalue weighted by Gasteiger charge is 2.30. The van der Waals surface area contributed by atoms with Crippen molar-refractivity contribution in [3.8, 4) is 0 Å². The lowest BCUT2D eigenvalue weighted by Gasteiger charge is -2.34. The Hall–Kier alpha value is -0.990. The Morgan fingerprint density at radius 3 is 2.44 bits per heavy atom. The Balaban J connectivity index is 1.67. The largest absolute Gasteiger partial charge is 0.296 e. The third-order valence-corrected chi connectivity index (χ3v) is 7.01. The SMILES string of the molecule is O=S(=O)(c1ccc(Br)cc1Cl)N1CCN(Cc2cccc(F)c2)CC1. The van der Waals surface area contributed by atoms with Gasteiger partial charge in [-0.1, -0.05) is 39.7 Å². The van der Waals surface area contributed by atoms with Crippen molar-refractivity contribution >= 4 is 37.6 Å². The van der Waals surface area contributed by atoms with Crippen LogP contribution in [0.1, 0.15) is 5.56 Å². The van der Waals surface area contributed by atoms with E-state index in [-0.39, 0.29) is 15.7 Å². The molecule has 0 spiro atoms. The monoisotopic (exact) mass is 446 g/mol. The first-order valence-electron chi connectivity index (χ1n) is 7.78. The average molecular weight is 448 g/mol. The second-order valence-corrected chi connectivity index (χ2v) is 9.11. The summed E-state index contributed by atoms with van der Waals surface area (Å²) in [5.74, 6) is -0.261. The Labute approximate surface area is 160 Å². The van der Waals surface area contributed by atoms with Crippen LogP contribution in [0.2, 0.25) is 5.02 Å². The fraction of sp³-hybridized carbons (Fsp3) is 0.294. The lowest BCUT2D eigenvalue weighted by atomic mass is 10.2. The third kappa shape index (κ3) is 4.41. The van der Waals surface area contributed by atoms with Crippen LogP contribution in [0.5, 0.6) is 0 Å². The van der Waals surface area contributed by atoms with Gasteiger partial charge in [-0.05, 0) is 35.9 Å². The zero-order valence-corrected chi connectivity index (χ0v) is 16.5. The van der Waals surface area contributed by atoms with Crippen molar-refractivity contribution < 1.29 is 12.8 Å². The molecule has 0 aromatic heterocycles. The van der Waals surface area contributed by atoms with Crippen LogP contribution in [0.15, 0.2) is 51.8 Å². The number of benzene rings is 2. The summed E-state index contributed by atoms with van der Waals surface area (Å²) in [7, 11) is -3.62. The van der Waals surface area contributed by atoms with Crippen molar-refractivity contribution in [3.63, 3.8) is 0 Å². The predicted molar refractivity (Wildman–Crippen MR) is 99.6 cm³/mol. The summed E-state index contributed by atoms with van der Waals surface area (Å²) in [5, 5.41) is 0.205. The van der Waals surface area contributed by atoms with Crippen LogP contribution >= 0.6 is 27.5 Å². The summed E-state index contributed by atoms with van der Waals surface area (Å²) in [5.41, 5.74) is 0.882. The van der Waals surface area contributed by atoms with Gasteiger partial charge in [0.2, 0.25) is 10.0 Å². The molecule has 0 saturated carbocycles. The van der Waals surface area contributed by atoms with Gasteiger partial charge in [0, 0.05) is 37.2 Å². The second kappa shape index (κ2) is 7.72. The molecule has 25 heavy (non-hydrogen) atoms. The second-order valence-electron chi connectivity index (χ2n) is 5.88. The zero-order chi connectivity index (χ0) is 18.0. The highest BCUT2D eigenvalue weighted by Crippen LogP contribution is 2.28. The van der Waals surface area contributed by atoms with E-state index in [9.17, 15) is 12.8 Å². The van der Waals surface area contributed by atoms with E-state index in [4.69, 9.17) is 11.6 Å². The van der Waals surface area contributed by atoms with Crippen molar-refractivity contribution in [2.75, 3.05) is 26.2 Å². The van der Waals surface area contributed by atoms with Gasteiger partial charge in [0.05, 0.1) is 5.02 Å². The number of sulfonamides is 1. The van der Waals surface area contributed by atoms with Crippen molar-refractivity contribution in [3.05, 3.63) is 63.3 Å². The molecule has 2 aromatic rings. The van der Waals surface area contributed by atoms with Crippen LogP contribution in [0.4, 0.5) is 4.39 Å². The van der Waals surface area contributed by atoms with Crippen molar-refractivity contribution in [2.24, 2.45) is 0 Å². The predicted octanol–water partition coefficient (Wildman–Crippen LogP) is 3.75. The molecule has 0 aliphatic carbocycles. The first-order valence-corrected chi connectivity index (χ1v) is 10.4. The smallest absolute Gasteiger partial charge is 0.244 e. The van der Waals surface area contributed by atoms with E-state index in [1.807, 2.05) is 6.07 Å². The molecule has 1 fully saturated rings. The Kier molecular flexibility index (Phi) is 5.80. The van der Waals surface area contributed by atoms with Crippen molar-refractivity contribution in [1.82, 2.24) is 9.21 Å². The van der Waals surface area contributed by atoms with E-state index < -0.39 is 10.0 Å². The first-order chi connectivity index (χ1) is 11.9. The lowest BCUT2D eigenvalue weighted by Crippen LogP contribution is -2.48. The molecule has 0 atom stereocenters. The molecule has 134 valence electrons. The minimum atomic E-state index is -3.62. The third-order valence-electron chi connectivity index (χ3n) is 4.14. The van der Waals surface area contributed by atoms with E-state index >= 15 is 0 Å². The molecule has 0 N–H and O–H groups in total. The molecule has 0 radical (unpaired) electrons. The Morgan fingerprint density at radius 2 is 1.80 bits per heavy atom. The fourth-order valence-corrected chi connectivity index (χ4v) is 5.28. The van der Waals surface area contributed by atoms with Gasteiger partial charge < -0.3 is 0 Å². The summed E-state index contributed by atoms with van der Waals surface area (Å²) >= 11 is 9.38. The van der Waals surface area contributed by atoms with E-state index in [1.165, 1.54) is 22.5 Å². The molecule has 8 heteroatoms. The van der Waals surface area contributed by atoms with Gasteiger partial charge in [0.25, 0.3) is 0 Å². The number of hydrogen-bond acceptors (Lipinski definition) is 3. The van der Waals surface area contributed by atoms with Gasteiger partial charge in [0.15, 0.2) is 0 Å². The summed E-state index contributed by atoms with van der Waals surface area (Å²) in [6, 6.07) is 11.2. The van der Waals surface area contributed by atoms with Crippen molar-refractivity contribution in [2.45, 2.75) is 11.4 Å². The van der Waals surface area contributed by atoms with Crippen molar-refractivity contribution in [1.29, 1.82) is 0 Å². The molecule has 0 amide bonds. The van der Waals surface area contributed by atoms with Gasteiger partial charge in [0.1, 0.15) is 10.7 Å². The molecule has 4 nitrogen and oxygen atoms in total. The van der Waals surface area contributed by atoms with Crippen LogP contribution < -0.4 is 0 Å². The molecular formula is C17H17BrClFN2O2S. The number of rotatable bonds is 4. The van der Waals surface area contributed by atoms with E-state index in [0.717, 1.165) is 10.0 Å². The minimum absolute atomic E-state index is 0.121. The summed E-state index contributed by atoms with van der Waals surface area (Å²) < 4.78 is 41.0. The highest BCUT2D eigenvalue weighted by molar-refractivity contribution is 9.10. The molecule has 2 aromatic carbocycles. The molecule has 1 heterocycles. The quantitative estimate of drug-likeness (QED) is 0.717. The van der Waals surface area contributed by atoms with Gasteiger partial charge >= 0.3 is 0 Å². The lowest BCUT2D eigenvalue weighted by molar-refractivity contribution is 0.181. The molecule has 0 unspecified atom stereocenters. The van der Waals surface area contributed by atoms with E-state index in [1.54, 1.807) is 18.2 Å². The number of nitrogens with zero attached hydrogens (tertiary/aromatic N) is 2. The summed E-state index contributed by atoms with van der Waals surface area (Å²) in [6.45, 7) is 2.53. The standard InChI is InChI=1S/C17H17BrClFN2O2S/c18-14-4-5-17(16(19)11-14)25(23,24)22-8-6-21(7-9-22)12-13-2-1-3-15(20)10-13/h1-5,10-11H,6-9,12H2. The maximum Gasteiger partial charge on any atom is 0.244 e. The number of hydrogen-bond donors (Lipinski definition) is 0. The normalized spacial score (nSPS) is 16.9. The number of piperazine rings is 1. The van der Waals surface area contributed by atoms with Gasteiger partial charge in [-0.3, -0.25) is 4.90 Å². The van der Waals surface area contributed by atoms with Crippen LogP contribution in [-0.4, -0.2) is 43.8 Å². The molecule has 1 aliphatic heterocycles.